The van der Waals surface area contributed by atoms with Crippen LogP contribution in [0.15, 0.2) is 0 Å². The Morgan fingerprint density at radius 1 is 1.19 bits per heavy atom. The van der Waals surface area contributed by atoms with Gasteiger partial charge in [-0.05, 0) is 6.92 Å². The number of carbonyl (C=O) groups excluding carboxylic acids is 2. The fourth-order valence-corrected chi connectivity index (χ4v) is 0.604. The molecule has 0 spiro atoms. The molecule has 0 saturated heterocycles. The molecule has 0 aliphatic carbocycles. The fourth-order valence-electron chi connectivity index (χ4n) is 0.604. The van der Waals surface area contributed by atoms with Crippen molar-refractivity contribution >= 4 is 12.4 Å². The zero-order chi connectivity index (χ0) is 13.6. The molecule has 0 saturated carbocycles. The summed E-state index contributed by atoms with van der Waals surface area (Å²) in [5.41, 5.74) is 0. The second kappa shape index (κ2) is 16.3. The lowest BCUT2D eigenvalue weighted by atomic mass is 10.2. The molecule has 16 heavy (non-hydrogen) atoms. The first-order valence-electron chi connectivity index (χ1n) is 5.48. The van der Waals surface area contributed by atoms with Crippen molar-refractivity contribution in [2.75, 3.05) is 14.2 Å². The number of carbonyl (C=O) groups is 2. The van der Waals surface area contributed by atoms with Crippen molar-refractivity contribution in [1.29, 1.82) is 0 Å². The van der Waals surface area contributed by atoms with Crippen molar-refractivity contribution in [2.45, 2.75) is 46.8 Å². The summed E-state index contributed by atoms with van der Waals surface area (Å²) in [7, 11) is 2.69. The van der Waals surface area contributed by atoms with Crippen LogP contribution in [-0.4, -0.2) is 38.7 Å². The summed E-state index contributed by atoms with van der Waals surface area (Å²) < 4.78 is 9.16. The lowest BCUT2D eigenvalue weighted by Gasteiger charge is -2.17. The molecule has 1 N–H and O–H groups in total. The monoisotopic (exact) mass is 235 g/mol. The lowest BCUT2D eigenvalue weighted by Crippen LogP contribution is -2.43. The molecule has 0 radical (unpaired) electrons. The van der Waals surface area contributed by atoms with E-state index in [9.17, 15) is 9.59 Å². The second-order valence-electron chi connectivity index (χ2n) is 2.24. The Bertz CT molecular complexity index is 162. The molecule has 0 bridgehead atoms. The van der Waals surface area contributed by atoms with Gasteiger partial charge < -0.3 is 19.6 Å². The Morgan fingerprint density at radius 2 is 1.62 bits per heavy atom. The van der Waals surface area contributed by atoms with Crippen LogP contribution in [0.1, 0.15) is 34.6 Å². The molecule has 0 aliphatic heterocycles. The van der Waals surface area contributed by atoms with Gasteiger partial charge in [0.25, 0.3) is 0 Å². The molecular formula is C11H25NO4. The fraction of sp³-hybridized carbons (Fsp3) is 0.818. The van der Waals surface area contributed by atoms with Crippen molar-refractivity contribution in [3.8, 4) is 0 Å². The molecule has 0 fully saturated rings. The van der Waals surface area contributed by atoms with Crippen LogP contribution >= 0.6 is 0 Å². The van der Waals surface area contributed by atoms with Crippen LogP contribution in [-0.2, 0) is 14.3 Å². The van der Waals surface area contributed by atoms with Crippen LogP contribution in [0.25, 0.3) is 0 Å². The van der Waals surface area contributed by atoms with E-state index < -0.39 is 12.1 Å². The predicted octanol–water partition coefficient (Wildman–Crippen LogP) is 2.00. The van der Waals surface area contributed by atoms with Gasteiger partial charge in [0.2, 0.25) is 0 Å². The highest BCUT2D eigenvalue weighted by Gasteiger charge is 2.18. The number of hydrogen-bond acceptors (Lipinski definition) is 4. The quantitative estimate of drug-likeness (QED) is 0.757. The minimum absolute atomic E-state index is 0.360. The number of rotatable bonds is 4. The van der Waals surface area contributed by atoms with Crippen LogP contribution in [0.5, 0.6) is 0 Å². The summed E-state index contributed by atoms with van der Waals surface area (Å²) in [6.45, 7) is 9.68. The van der Waals surface area contributed by atoms with Gasteiger partial charge in [0.05, 0.1) is 13.2 Å². The third-order valence-corrected chi connectivity index (χ3v) is 1.49. The smallest absolute Gasteiger partial charge is 0.407 e. The Morgan fingerprint density at radius 3 is 1.88 bits per heavy atom. The van der Waals surface area contributed by atoms with Crippen LogP contribution < -0.4 is 5.32 Å². The first-order chi connectivity index (χ1) is 7.65. The van der Waals surface area contributed by atoms with Crippen LogP contribution in [0.4, 0.5) is 4.79 Å². The summed E-state index contributed by atoms with van der Waals surface area (Å²) in [6, 6.07) is -0.664. The third kappa shape index (κ3) is 11.0. The number of hydrogen-bond donors (Lipinski definition) is 1. The molecule has 0 aliphatic rings. The number of amides is 1. The van der Waals surface area contributed by atoms with Crippen molar-refractivity contribution in [3.05, 3.63) is 0 Å². The van der Waals surface area contributed by atoms with Gasteiger partial charge in [-0.2, -0.15) is 0 Å². The average Bonchev–Trinajstić information content (AvgIpc) is 2.39. The molecule has 0 rings (SSSR count). The number of alkyl carbamates (subject to hydrolysis) is 1. The SMILES string of the molecule is CC.CC.COC(=O)N[C@H](C=O)C(C)OC. The summed E-state index contributed by atoms with van der Waals surface area (Å²) in [5, 5.41) is 2.31. The molecule has 98 valence electrons. The Balaban J connectivity index is -0.000000376. The van der Waals surface area contributed by atoms with Crippen LogP contribution in [0.2, 0.25) is 0 Å². The lowest BCUT2D eigenvalue weighted by molar-refractivity contribution is -0.112. The Hall–Kier alpha value is -1.10. The van der Waals surface area contributed by atoms with E-state index >= 15 is 0 Å². The molecule has 0 aromatic carbocycles. The molecule has 0 heterocycles. The van der Waals surface area contributed by atoms with Gasteiger partial charge in [0.15, 0.2) is 0 Å². The van der Waals surface area contributed by atoms with Gasteiger partial charge in [-0.1, -0.05) is 27.7 Å². The first kappa shape index (κ1) is 20.3. The van der Waals surface area contributed by atoms with Gasteiger partial charge >= 0.3 is 6.09 Å². The summed E-state index contributed by atoms with van der Waals surface area (Å²) in [6.07, 6.45) is -0.400. The topological polar surface area (TPSA) is 64.6 Å². The highest BCUT2D eigenvalue weighted by molar-refractivity contribution is 5.73. The van der Waals surface area contributed by atoms with Crippen molar-refractivity contribution in [3.63, 3.8) is 0 Å². The highest BCUT2D eigenvalue weighted by atomic mass is 16.5. The van der Waals surface area contributed by atoms with Gasteiger partial charge in [-0.3, -0.25) is 0 Å². The minimum Gasteiger partial charge on any atom is -0.453 e. The maximum absolute atomic E-state index is 10.7. The molecule has 5 nitrogen and oxygen atoms in total. The summed E-state index contributed by atoms with van der Waals surface area (Å²) >= 11 is 0. The van der Waals surface area contributed by atoms with Crippen LogP contribution in [0, 0.1) is 0 Å². The number of ether oxygens (including phenoxy) is 2. The van der Waals surface area contributed by atoms with E-state index in [4.69, 9.17) is 4.74 Å². The maximum Gasteiger partial charge on any atom is 0.407 e. The third-order valence-electron chi connectivity index (χ3n) is 1.49. The zero-order valence-corrected chi connectivity index (χ0v) is 11.4. The van der Waals surface area contributed by atoms with E-state index in [-0.39, 0.29) is 6.10 Å². The first-order valence-corrected chi connectivity index (χ1v) is 5.48. The summed E-state index contributed by atoms with van der Waals surface area (Å²) in [5.74, 6) is 0. The molecule has 1 amide bonds. The van der Waals surface area contributed by atoms with E-state index in [1.54, 1.807) is 6.92 Å². The average molecular weight is 235 g/mol. The molecule has 2 atom stereocenters. The molecular weight excluding hydrogens is 210 g/mol. The number of nitrogens with one attached hydrogen (secondary N) is 1. The molecule has 5 heteroatoms. The van der Waals surface area contributed by atoms with E-state index in [1.807, 2.05) is 27.7 Å². The van der Waals surface area contributed by atoms with Crippen molar-refractivity contribution < 1.29 is 19.1 Å². The zero-order valence-electron chi connectivity index (χ0n) is 11.4. The van der Waals surface area contributed by atoms with Gasteiger partial charge in [-0.25, -0.2) is 4.79 Å². The van der Waals surface area contributed by atoms with Crippen molar-refractivity contribution in [1.82, 2.24) is 5.32 Å². The van der Waals surface area contributed by atoms with Crippen molar-refractivity contribution in [2.24, 2.45) is 0 Å². The minimum atomic E-state index is -0.664. The highest BCUT2D eigenvalue weighted by Crippen LogP contribution is 1.94. The Kier molecular flexibility index (Phi) is 20.8. The Labute approximate surface area is 98.5 Å². The van der Waals surface area contributed by atoms with E-state index in [2.05, 4.69) is 10.1 Å². The second-order valence-corrected chi connectivity index (χ2v) is 2.24. The largest absolute Gasteiger partial charge is 0.453 e. The summed E-state index contributed by atoms with van der Waals surface area (Å²) in [4.78, 5) is 21.1. The molecule has 0 aromatic rings. The van der Waals surface area contributed by atoms with Gasteiger partial charge in [0, 0.05) is 7.11 Å². The number of aldehydes is 1. The predicted molar refractivity (Wildman–Crippen MR) is 64.6 cm³/mol. The van der Waals surface area contributed by atoms with E-state index in [0.29, 0.717) is 6.29 Å². The normalized spacial score (nSPS) is 11.7. The van der Waals surface area contributed by atoms with Gasteiger partial charge in [-0.15, -0.1) is 0 Å². The molecule has 1 unspecified atom stereocenters. The number of methoxy groups -OCH3 is 2. The standard InChI is InChI=1S/C7H13NO4.2C2H6/c1-5(11-2)6(4-9)8-7(10)12-3;2*1-2/h4-6H,1-3H3,(H,8,10);2*1-2H3/t5?,6-;;/m1../s1. The van der Waals surface area contributed by atoms with Gasteiger partial charge in [0.1, 0.15) is 12.3 Å². The van der Waals surface area contributed by atoms with Crippen LogP contribution in [0.3, 0.4) is 0 Å². The maximum atomic E-state index is 10.7. The molecule has 0 aromatic heterocycles. The van der Waals surface area contributed by atoms with E-state index in [1.165, 1.54) is 14.2 Å². The van der Waals surface area contributed by atoms with E-state index in [0.717, 1.165) is 0 Å².